The summed E-state index contributed by atoms with van der Waals surface area (Å²) >= 11 is 0. The fourth-order valence-electron chi connectivity index (χ4n) is 3.49. The molecule has 146 valence electrons. The first kappa shape index (κ1) is 19.4. The summed E-state index contributed by atoms with van der Waals surface area (Å²) in [6.45, 7) is 3.30. The third kappa shape index (κ3) is 5.08. The third-order valence-electron chi connectivity index (χ3n) is 5.35. The molecule has 3 rings (SSSR count). The zero-order valence-corrected chi connectivity index (χ0v) is 16.1. The molecular formula is C21H28N2O4. The molecule has 2 aliphatic rings. The first-order chi connectivity index (χ1) is 13.0. The molecule has 0 bridgehead atoms. The number of likely N-dealkylation sites (tertiary alicyclic amines) is 1. The van der Waals surface area contributed by atoms with Crippen molar-refractivity contribution >= 4 is 17.8 Å². The minimum atomic E-state index is -0.808. The fourth-order valence-corrected chi connectivity index (χ4v) is 3.49. The maximum absolute atomic E-state index is 12.5. The number of hydrogen-bond acceptors (Lipinski definition) is 4. The van der Waals surface area contributed by atoms with E-state index in [0.29, 0.717) is 32.5 Å². The van der Waals surface area contributed by atoms with E-state index in [1.54, 1.807) is 18.9 Å². The molecule has 1 unspecified atom stereocenters. The van der Waals surface area contributed by atoms with Gasteiger partial charge in [0.05, 0.1) is 5.92 Å². The highest BCUT2D eigenvalue weighted by Crippen LogP contribution is 2.32. The molecule has 6 heteroatoms. The second kappa shape index (κ2) is 8.55. The van der Waals surface area contributed by atoms with E-state index in [9.17, 15) is 14.4 Å². The molecule has 6 nitrogen and oxygen atoms in total. The molecule has 1 saturated carbocycles. The molecule has 1 aromatic rings. The van der Waals surface area contributed by atoms with Crippen molar-refractivity contribution in [3.63, 3.8) is 0 Å². The Balaban J connectivity index is 1.44. The number of piperidine rings is 1. The average Bonchev–Trinajstić information content (AvgIpc) is 3.53. The maximum atomic E-state index is 12.5. The highest BCUT2D eigenvalue weighted by molar-refractivity contribution is 5.84. The Bertz CT molecular complexity index is 679. The van der Waals surface area contributed by atoms with Gasteiger partial charge in [-0.25, -0.2) is 0 Å². The van der Waals surface area contributed by atoms with E-state index in [-0.39, 0.29) is 29.6 Å². The highest BCUT2D eigenvalue weighted by atomic mass is 16.5. The van der Waals surface area contributed by atoms with Gasteiger partial charge < -0.3 is 14.5 Å². The fraction of sp³-hybridized carbons (Fsp3) is 0.571. The number of esters is 1. The number of hydrogen-bond donors (Lipinski definition) is 0. The van der Waals surface area contributed by atoms with E-state index >= 15 is 0 Å². The Morgan fingerprint density at radius 2 is 1.70 bits per heavy atom. The van der Waals surface area contributed by atoms with Crippen LogP contribution in [0.15, 0.2) is 30.3 Å². The van der Waals surface area contributed by atoms with Gasteiger partial charge in [0.25, 0.3) is 5.91 Å². The van der Waals surface area contributed by atoms with Crippen molar-refractivity contribution in [2.24, 2.45) is 11.8 Å². The van der Waals surface area contributed by atoms with Crippen molar-refractivity contribution in [1.82, 2.24) is 9.80 Å². The van der Waals surface area contributed by atoms with E-state index in [0.717, 1.165) is 18.4 Å². The van der Waals surface area contributed by atoms with Crippen LogP contribution in [0.3, 0.4) is 0 Å². The Kier molecular flexibility index (Phi) is 6.14. The van der Waals surface area contributed by atoms with Gasteiger partial charge in [-0.05, 0) is 38.2 Å². The minimum absolute atomic E-state index is 0.214. The molecule has 0 radical (unpaired) electrons. The summed E-state index contributed by atoms with van der Waals surface area (Å²) in [7, 11) is 1.71. The predicted octanol–water partition coefficient (Wildman–Crippen LogP) is 2.23. The van der Waals surface area contributed by atoms with Crippen LogP contribution in [0.5, 0.6) is 0 Å². The summed E-state index contributed by atoms with van der Waals surface area (Å²) in [4.78, 5) is 40.4. The van der Waals surface area contributed by atoms with Gasteiger partial charge in [0.2, 0.25) is 5.91 Å². The first-order valence-corrected chi connectivity index (χ1v) is 9.74. The standard InChI is InChI=1S/C21H28N2O4/c1-15(19(24)22(2)14-16-6-4-3-5-7-16)27-21(26)18-10-12-23(13-11-18)20(25)17-8-9-17/h3-7,15,17-18H,8-14H2,1-2H3. The average molecular weight is 372 g/mol. The van der Waals surface area contributed by atoms with Crippen LogP contribution >= 0.6 is 0 Å². The lowest BCUT2D eigenvalue weighted by atomic mass is 9.96. The lowest BCUT2D eigenvalue weighted by Crippen LogP contribution is -2.43. The van der Waals surface area contributed by atoms with Crippen LogP contribution in [0.4, 0.5) is 0 Å². The van der Waals surface area contributed by atoms with Crippen molar-refractivity contribution < 1.29 is 19.1 Å². The summed E-state index contributed by atoms with van der Waals surface area (Å²) in [5.74, 6) is -0.335. The van der Waals surface area contributed by atoms with Crippen molar-refractivity contribution in [2.45, 2.75) is 45.3 Å². The molecular weight excluding hydrogens is 344 g/mol. The molecule has 1 aromatic carbocycles. The van der Waals surface area contributed by atoms with Crippen LogP contribution in [0.2, 0.25) is 0 Å². The van der Waals surface area contributed by atoms with Crippen LogP contribution in [-0.4, -0.2) is 53.8 Å². The first-order valence-electron chi connectivity index (χ1n) is 9.74. The van der Waals surface area contributed by atoms with Crippen LogP contribution in [0, 0.1) is 11.8 Å². The van der Waals surface area contributed by atoms with Crippen LogP contribution in [0.1, 0.15) is 38.2 Å². The van der Waals surface area contributed by atoms with Crippen LogP contribution in [-0.2, 0) is 25.7 Å². The largest absolute Gasteiger partial charge is 0.452 e. The summed E-state index contributed by atoms with van der Waals surface area (Å²) in [5.41, 5.74) is 1.03. The molecule has 2 amide bonds. The molecule has 1 saturated heterocycles. The van der Waals surface area contributed by atoms with E-state index in [1.165, 1.54) is 0 Å². The lowest BCUT2D eigenvalue weighted by Gasteiger charge is -2.31. The Morgan fingerprint density at radius 3 is 2.30 bits per heavy atom. The quantitative estimate of drug-likeness (QED) is 0.718. The molecule has 1 atom stereocenters. The van der Waals surface area contributed by atoms with Crippen molar-refractivity contribution in [1.29, 1.82) is 0 Å². The zero-order valence-electron chi connectivity index (χ0n) is 16.1. The van der Waals surface area contributed by atoms with Gasteiger partial charge in [-0.1, -0.05) is 30.3 Å². The van der Waals surface area contributed by atoms with Crippen LogP contribution in [0.25, 0.3) is 0 Å². The van der Waals surface area contributed by atoms with Crippen molar-refractivity contribution in [3.8, 4) is 0 Å². The second-order valence-electron chi connectivity index (χ2n) is 7.63. The number of carbonyl (C=O) groups excluding carboxylic acids is 3. The van der Waals surface area contributed by atoms with E-state index in [2.05, 4.69) is 0 Å². The van der Waals surface area contributed by atoms with Gasteiger partial charge in [-0.15, -0.1) is 0 Å². The molecule has 0 N–H and O–H groups in total. The van der Waals surface area contributed by atoms with Gasteiger partial charge in [-0.2, -0.15) is 0 Å². The lowest BCUT2D eigenvalue weighted by molar-refractivity contribution is -0.164. The number of nitrogens with zero attached hydrogens (tertiary/aromatic N) is 2. The Labute approximate surface area is 160 Å². The predicted molar refractivity (Wildman–Crippen MR) is 100 cm³/mol. The topological polar surface area (TPSA) is 66.9 Å². The highest BCUT2D eigenvalue weighted by Gasteiger charge is 2.36. The van der Waals surface area contributed by atoms with Crippen molar-refractivity contribution in [2.75, 3.05) is 20.1 Å². The van der Waals surface area contributed by atoms with E-state index < -0.39 is 6.10 Å². The number of carbonyl (C=O) groups is 3. The van der Waals surface area contributed by atoms with Gasteiger partial charge >= 0.3 is 5.97 Å². The number of likely N-dealkylation sites (N-methyl/N-ethyl adjacent to an activating group) is 1. The number of ether oxygens (including phenoxy) is 1. The van der Waals surface area contributed by atoms with Gasteiger partial charge in [-0.3, -0.25) is 14.4 Å². The van der Waals surface area contributed by atoms with E-state index in [1.807, 2.05) is 35.2 Å². The van der Waals surface area contributed by atoms with Gasteiger partial charge in [0.15, 0.2) is 6.10 Å². The molecule has 1 heterocycles. The zero-order chi connectivity index (χ0) is 19.4. The number of amides is 2. The summed E-state index contributed by atoms with van der Waals surface area (Å²) < 4.78 is 5.43. The monoisotopic (exact) mass is 372 g/mol. The Morgan fingerprint density at radius 1 is 1.07 bits per heavy atom. The molecule has 27 heavy (non-hydrogen) atoms. The smallest absolute Gasteiger partial charge is 0.309 e. The molecule has 2 fully saturated rings. The molecule has 0 aromatic heterocycles. The Hall–Kier alpha value is -2.37. The van der Waals surface area contributed by atoms with Crippen LogP contribution < -0.4 is 0 Å². The number of rotatable bonds is 6. The normalized spacial score (nSPS) is 18.7. The SMILES string of the molecule is CC(OC(=O)C1CCN(C(=O)C2CC2)CC1)C(=O)N(C)Cc1ccccc1. The third-order valence-corrected chi connectivity index (χ3v) is 5.35. The van der Waals surface area contributed by atoms with E-state index in [4.69, 9.17) is 4.74 Å². The van der Waals surface area contributed by atoms with Gasteiger partial charge in [0, 0.05) is 32.6 Å². The summed E-state index contributed by atoms with van der Waals surface area (Å²) in [6.07, 6.45) is 2.40. The maximum Gasteiger partial charge on any atom is 0.309 e. The molecule has 0 spiro atoms. The summed E-state index contributed by atoms with van der Waals surface area (Å²) in [6, 6.07) is 9.70. The summed E-state index contributed by atoms with van der Waals surface area (Å²) in [5, 5.41) is 0. The van der Waals surface area contributed by atoms with Gasteiger partial charge in [0.1, 0.15) is 0 Å². The number of benzene rings is 1. The minimum Gasteiger partial charge on any atom is -0.452 e. The molecule has 1 aliphatic carbocycles. The van der Waals surface area contributed by atoms with Crippen molar-refractivity contribution in [3.05, 3.63) is 35.9 Å². The second-order valence-corrected chi connectivity index (χ2v) is 7.63. The molecule has 1 aliphatic heterocycles.